The summed E-state index contributed by atoms with van der Waals surface area (Å²) in [6.45, 7) is 14.0. The third-order valence-corrected chi connectivity index (χ3v) is 11.7. The molecule has 0 heterocycles. The maximum atomic E-state index is 13.9. The van der Waals surface area contributed by atoms with E-state index in [-0.39, 0.29) is 41.0 Å². The minimum atomic E-state index is -0.923. The maximum absolute atomic E-state index is 13.9. The molecule has 9 unspecified atom stereocenters. The first-order valence-electron chi connectivity index (χ1n) is 14.2. The van der Waals surface area contributed by atoms with Crippen LogP contribution in [0.15, 0.2) is 11.1 Å². The Kier molecular flexibility index (Phi) is 7.07. The molecular weight excluding hydrogens is 468 g/mol. The van der Waals surface area contributed by atoms with E-state index in [1.807, 2.05) is 34.6 Å². The number of aliphatic hydroxyl groups is 2. The predicted octanol–water partition coefficient (Wildman–Crippen LogP) is 4.64. The Labute approximate surface area is 221 Å². The molecule has 9 atom stereocenters. The molecule has 0 saturated heterocycles. The van der Waals surface area contributed by atoms with Crippen LogP contribution in [0.3, 0.4) is 0 Å². The molecule has 0 spiro atoms. The molecule has 2 saturated carbocycles. The Morgan fingerprint density at radius 3 is 2.27 bits per heavy atom. The van der Waals surface area contributed by atoms with Gasteiger partial charge in [-0.05, 0) is 71.8 Å². The number of fused-ring (bicyclic) bond motifs is 4. The fraction of sp³-hybridized carbons (Fsp3) is 0.806. The molecule has 0 aromatic rings. The minimum Gasteiger partial charge on any atom is -0.389 e. The highest BCUT2D eigenvalue weighted by molar-refractivity contribution is 5.93. The van der Waals surface area contributed by atoms with E-state index in [1.54, 1.807) is 0 Å². The molecule has 4 aliphatic carbocycles. The topological polar surface area (TPSA) is 109 Å². The second kappa shape index (κ2) is 9.22. The lowest BCUT2D eigenvalue weighted by Crippen LogP contribution is -2.60. The summed E-state index contributed by atoms with van der Waals surface area (Å²) in [5.74, 6) is 0.133. The Morgan fingerprint density at radius 2 is 1.65 bits per heavy atom. The van der Waals surface area contributed by atoms with Crippen molar-refractivity contribution in [2.24, 2.45) is 45.3 Å². The Hall–Kier alpha value is -1.66. The van der Waals surface area contributed by atoms with E-state index in [0.29, 0.717) is 56.9 Å². The van der Waals surface area contributed by atoms with Crippen molar-refractivity contribution in [2.45, 2.75) is 112 Å². The van der Waals surface area contributed by atoms with Crippen LogP contribution in [0.2, 0.25) is 0 Å². The normalized spacial score (nSPS) is 42.5. The Bertz CT molecular complexity index is 1040. The molecular formula is C31H46O6. The van der Waals surface area contributed by atoms with E-state index in [0.717, 1.165) is 11.9 Å². The number of Topliss-reactive ketones (excluding diaryl/α,β-unsaturated/α-hetero) is 3. The summed E-state index contributed by atoms with van der Waals surface area (Å²) in [5.41, 5.74) is -1.08. The second-order valence-corrected chi connectivity index (χ2v) is 14.1. The van der Waals surface area contributed by atoms with Crippen LogP contribution in [0.5, 0.6) is 0 Å². The molecule has 6 nitrogen and oxygen atoms in total. The van der Waals surface area contributed by atoms with Crippen molar-refractivity contribution in [3.63, 3.8) is 0 Å². The van der Waals surface area contributed by atoms with Gasteiger partial charge in [0.05, 0.1) is 17.6 Å². The van der Waals surface area contributed by atoms with Gasteiger partial charge in [-0.25, -0.2) is 0 Å². The van der Waals surface area contributed by atoms with Gasteiger partial charge in [0.25, 0.3) is 0 Å². The fourth-order valence-corrected chi connectivity index (χ4v) is 9.41. The van der Waals surface area contributed by atoms with E-state index in [2.05, 4.69) is 13.8 Å². The fourth-order valence-electron chi connectivity index (χ4n) is 9.41. The van der Waals surface area contributed by atoms with Crippen LogP contribution in [0, 0.1) is 45.3 Å². The summed E-state index contributed by atoms with van der Waals surface area (Å²) >= 11 is 0. The summed E-state index contributed by atoms with van der Waals surface area (Å²) in [7, 11) is 0. The number of rotatable bonds is 7. The van der Waals surface area contributed by atoms with Gasteiger partial charge in [-0.3, -0.25) is 14.4 Å². The number of ketones is 3. The van der Waals surface area contributed by atoms with Gasteiger partial charge in [-0.2, -0.15) is 0 Å². The first-order chi connectivity index (χ1) is 17.1. The zero-order valence-corrected chi connectivity index (χ0v) is 23.7. The Balaban J connectivity index is 1.73. The monoisotopic (exact) mass is 514 g/mol. The van der Waals surface area contributed by atoms with E-state index < -0.39 is 33.9 Å². The van der Waals surface area contributed by atoms with Gasteiger partial charge in [-0.1, -0.05) is 41.5 Å². The number of carbonyl (C=O) groups excluding carboxylic acids is 4. The molecule has 4 rings (SSSR count). The van der Waals surface area contributed by atoms with Gasteiger partial charge in [-0.15, -0.1) is 0 Å². The zero-order chi connectivity index (χ0) is 27.7. The van der Waals surface area contributed by atoms with E-state index in [9.17, 15) is 29.4 Å². The smallest absolute Gasteiger partial charge is 0.143 e. The van der Waals surface area contributed by atoms with Crippen LogP contribution in [0.1, 0.15) is 99.8 Å². The van der Waals surface area contributed by atoms with Crippen molar-refractivity contribution in [1.82, 2.24) is 0 Å². The van der Waals surface area contributed by atoms with Gasteiger partial charge in [0.15, 0.2) is 0 Å². The molecule has 0 aliphatic heterocycles. The summed E-state index contributed by atoms with van der Waals surface area (Å²) < 4.78 is 0. The van der Waals surface area contributed by atoms with Gasteiger partial charge >= 0.3 is 0 Å². The Morgan fingerprint density at radius 1 is 1.00 bits per heavy atom. The quantitative estimate of drug-likeness (QED) is 0.379. The lowest BCUT2D eigenvalue weighted by molar-refractivity contribution is -0.146. The van der Waals surface area contributed by atoms with Gasteiger partial charge in [0, 0.05) is 37.5 Å². The van der Waals surface area contributed by atoms with Gasteiger partial charge in [0.1, 0.15) is 23.6 Å². The summed E-state index contributed by atoms with van der Waals surface area (Å²) in [5, 5.41) is 23.4. The van der Waals surface area contributed by atoms with Crippen molar-refractivity contribution in [2.75, 3.05) is 0 Å². The predicted molar refractivity (Wildman–Crippen MR) is 140 cm³/mol. The van der Waals surface area contributed by atoms with E-state index >= 15 is 0 Å². The van der Waals surface area contributed by atoms with Crippen LogP contribution in [-0.2, 0) is 19.2 Å². The second-order valence-electron chi connectivity index (χ2n) is 14.1. The lowest BCUT2D eigenvalue weighted by Gasteiger charge is -2.62. The molecule has 0 aromatic carbocycles. The number of hydrogen-bond acceptors (Lipinski definition) is 6. The first-order valence-corrected chi connectivity index (χ1v) is 14.2. The molecule has 2 fully saturated rings. The van der Waals surface area contributed by atoms with Gasteiger partial charge < -0.3 is 15.0 Å². The van der Waals surface area contributed by atoms with Gasteiger partial charge in [0.2, 0.25) is 0 Å². The van der Waals surface area contributed by atoms with E-state index in [4.69, 9.17) is 0 Å². The third-order valence-electron chi connectivity index (χ3n) is 11.7. The maximum Gasteiger partial charge on any atom is 0.143 e. The number of aldehydes is 1. The van der Waals surface area contributed by atoms with Crippen molar-refractivity contribution in [3.8, 4) is 0 Å². The molecule has 0 bridgehead atoms. The largest absolute Gasteiger partial charge is 0.389 e. The lowest BCUT2D eigenvalue weighted by atomic mass is 9.42. The molecule has 0 amide bonds. The molecule has 4 aliphatic rings. The van der Waals surface area contributed by atoms with Crippen LogP contribution in [-0.4, -0.2) is 46.1 Å². The highest BCUT2D eigenvalue weighted by Gasteiger charge is 2.70. The van der Waals surface area contributed by atoms with Crippen molar-refractivity contribution in [3.05, 3.63) is 11.1 Å². The SMILES string of the molecule is CC(CC=O)CC(=O)CC(C)C1CC(=O)C2(C)C3=C(C(O)CC12C)C1(C)CCC(=O)C(C)(C)C1CC3O. The van der Waals surface area contributed by atoms with Crippen molar-refractivity contribution >= 4 is 23.6 Å². The average molecular weight is 515 g/mol. The standard InChI is InChI=1S/C31H46O6/c1-17(9-11-32)12-19(33)13-18(2)20-14-25(37)31(7)27-21(34)15-23-28(3,4)24(36)8-10-29(23,5)26(27)22(35)16-30(20,31)6/h11,17-18,20-23,34-35H,8-10,12-16H2,1-7H3. The molecule has 2 N–H and O–H groups in total. The van der Waals surface area contributed by atoms with Crippen LogP contribution in [0.25, 0.3) is 0 Å². The van der Waals surface area contributed by atoms with E-state index in [1.165, 1.54) is 0 Å². The molecule has 0 aromatic heterocycles. The first kappa shape index (κ1) is 28.4. The molecule has 0 radical (unpaired) electrons. The summed E-state index contributed by atoms with van der Waals surface area (Å²) in [4.78, 5) is 50.5. The zero-order valence-electron chi connectivity index (χ0n) is 23.7. The third kappa shape index (κ3) is 3.95. The summed E-state index contributed by atoms with van der Waals surface area (Å²) in [6, 6.07) is 0. The van der Waals surface area contributed by atoms with Crippen LogP contribution in [0.4, 0.5) is 0 Å². The highest BCUT2D eigenvalue weighted by Crippen LogP contribution is 2.71. The number of carbonyl (C=O) groups is 4. The average Bonchev–Trinajstić information content (AvgIpc) is 2.99. The highest BCUT2D eigenvalue weighted by atomic mass is 16.3. The number of hydrogen-bond donors (Lipinski definition) is 2. The molecule has 6 heteroatoms. The number of aliphatic hydroxyl groups excluding tert-OH is 2. The van der Waals surface area contributed by atoms with Crippen molar-refractivity contribution in [1.29, 1.82) is 0 Å². The minimum absolute atomic E-state index is 0.00480. The van der Waals surface area contributed by atoms with Crippen LogP contribution < -0.4 is 0 Å². The van der Waals surface area contributed by atoms with Crippen LogP contribution >= 0.6 is 0 Å². The van der Waals surface area contributed by atoms with Crippen molar-refractivity contribution < 1.29 is 29.4 Å². The molecule has 37 heavy (non-hydrogen) atoms. The summed E-state index contributed by atoms with van der Waals surface area (Å²) in [6.07, 6.45) is 2.41. The molecule has 206 valence electrons.